The predicted molar refractivity (Wildman–Crippen MR) is 84.8 cm³/mol. The Morgan fingerprint density at radius 2 is 1.57 bits per heavy atom. The third-order valence-electron chi connectivity index (χ3n) is 6.32. The van der Waals surface area contributed by atoms with Crippen LogP contribution >= 0.6 is 0 Å². The Bertz CT molecular complexity index is 444. The summed E-state index contributed by atoms with van der Waals surface area (Å²) < 4.78 is 0. The average molecular weight is 285 g/mol. The van der Waals surface area contributed by atoms with Crippen LogP contribution in [0.25, 0.3) is 0 Å². The van der Waals surface area contributed by atoms with E-state index >= 15 is 0 Å². The summed E-state index contributed by atoms with van der Waals surface area (Å²) in [5, 5.41) is 13.8. The number of hydrogen-bond donors (Lipinski definition) is 2. The fourth-order valence-corrected chi connectivity index (χ4v) is 5.55. The van der Waals surface area contributed by atoms with Crippen molar-refractivity contribution in [2.75, 3.05) is 13.1 Å². The molecule has 0 aromatic heterocycles. The smallest absolute Gasteiger partial charge is 0.0914 e. The molecule has 1 aromatic rings. The lowest BCUT2D eigenvalue weighted by atomic mass is 9.52. The third-order valence-corrected chi connectivity index (χ3v) is 6.32. The maximum Gasteiger partial charge on any atom is 0.0914 e. The average Bonchev–Trinajstić information content (AvgIpc) is 2.50. The highest BCUT2D eigenvalue weighted by atomic mass is 16.3. The van der Waals surface area contributed by atoms with Crippen molar-refractivity contribution >= 4 is 0 Å². The Labute approximate surface area is 128 Å². The van der Waals surface area contributed by atoms with Gasteiger partial charge in [0.2, 0.25) is 0 Å². The Balaban J connectivity index is 1.29. The van der Waals surface area contributed by atoms with Crippen molar-refractivity contribution in [3.8, 4) is 0 Å². The Morgan fingerprint density at radius 1 is 0.952 bits per heavy atom. The van der Waals surface area contributed by atoms with Gasteiger partial charge in [-0.1, -0.05) is 30.3 Å². The van der Waals surface area contributed by atoms with E-state index in [-0.39, 0.29) is 6.10 Å². The molecule has 0 radical (unpaired) electrons. The summed E-state index contributed by atoms with van der Waals surface area (Å²) in [5.74, 6) is 4.93. The van der Waals surface area contributed by atoms with Crippen molar-refractivity contribution in [3.05, 3.63) is 35.9 Å². The van der Waals surface area contributed by atoms with E-state index in [0.29, 0.717) is 6.54 Å². The Kier molecular flexibility index (Phi) is 3.76. The van der Waals surface area contributed by atoms with E-state index in [1.165, 1.54) is 32.1 Å². The van der Waals surface area contributed by atoms with Crippen LogP contribution in [0, 0.1) is 29.6 Å². The first kappa shape index (κ1) is 13.8. The maximum absolute atomic E-state index is 10.2. The van der Waals surface area contributed by atoms with E-state index in [4.69, 9.17) is 0 Å². The van der Waals surface area contributed by atoms with Crippen LogP contribution in [0.5, 0.6) is 0 Å². The lowest BCUT2D eigenvalue weighted by Crippen LogP contribution is -2.48. The van der Waals surface area contributed by atoms with Gasteiger partial charge in [-0.25, -0.2) is 0 Å². The van der Waals surface area contributed by atoms with Crippen LogP contribution in [0.1, 0.15) is 43.8 Å². The first-order chi connectivity index (χ1) is 10.3. The predicted octanol–water partition coefficient (Wildman–Crippen LogP) is 3.38. The standard InChI is InChI=1S/C19H27NO/c21-19(15-4-2-1-3-5-15)12-20-11-18-16-7-13-6-14(9-16)10-17(18)8-13/h1-5,13-14,16-21H,6-12H2. The summed E-state index contributed by atoms with van der Waals surface area (Å²) in [5.41, 5.74) is 1.02. The van der Waals surface area contributed by atoms with Crippen molar-refractivity contribution < 1.29 is 5.11 Å². The van der Waals surface area contributed by atoms with Gasteiger partial charge in [0.25, 0.3) is 0 Å². The van der Waals surface area contributed by atoms with Gasteiger partial charge in [-0.15, -0.1) is 0 Å². The van der Waals surface area contributed by atoms with Crippen molar-refractivity contribution in [2.24, 2.45) is 29.6 Å². The topological polar surface area (TPSA) is 32.3 Å². The third kappa shape index (κ3) is 2.76. The van der Waals surface area contributed by atoms with Crippen LogP contribution in [-0.4, -0.2) is 18.2 Å². The van der Waals surface area contributed by atoms with Crippen LogP contribution < -0.4 is 5.32 Å². The van der Waals surface area contributed by atoms with Gasteiger partial charge >= 0.3 is 0 Å². The lowest BCUT2D eigenvalue weighted by molar-refractivity contribution is -0.0362. The molecule has 2 nitrogen and oxygen atoms in total. The molecule has 0 spiro atoms. The largest absolute Gasteiger partial charge is 0.387 e. The number of nitrogens with one attached hydrogen (secondary N) is 1. The lowest BCUT2D eigenvalue weighted by Gasteiger charge is -2.54. The number of aliphatic hydroxyl groups is 1. The zero-order valence-electron chi connectivity index (χ0n) is 12.7. The molecule has 1 aromatic carbocycles. The molecule has 2 heteroatoms. The second-order valence-corrected chi connectivity index (χ2v) is 7.68. The minimum Gasteiger partial charge on any atom is -0.387 e. The molecule has 4 aliphatic rings. The van der Waals surface area contributed by atoms with E-state index < -0.39 is 0 Å². The Morgan fingerprint density at radius 3 is 2.19 bits per heavy atom. The van der Waals surface area contributed by atoms with Gasteiger partial charge in [-0.05, 0) is 73.8 Å². The number of benzene rings is 1. The fraction of sp³-hybridized carbons (Fsp3) is 0.684. The van der Waals surface area contributed by atoms with Gasteiger partial charge in [-0.3, -0.25) is 0 Å². The van der Waals surface area contributed by atoms with Crippen LogP contribution in [0.3, 0.4) is 0 Å². The summed E-state index contributed by atoms with van der Waals surface area (Å²) in [7, 11) is 0. The fourth-order valence-electron chi connectivity index (χ4n) is 5.55. The van der Waals surface area contributed by atoms with Gasteiger partial charge in [0.15, 0.2) is 0 Å². The summed E-state index contributed by atoms with van der Waals surface area (Å²) in [4.78, 5) is 0. The zero-order chi connectivity index (χ0) is 14.2. The van der Waals surface area contributed by atoms with Crippen molar-refractivity contribution in [2.45, 2.75) is 38.2 Å². The van der Waals surface area contributed by atoms with Crippen LogP contribution in [0.15, 0.2) is 30.3 Å². The first-order valence-corrected chi connectivity index (χ1v) is 8.73. The molecule has 2 N–H and O–H groups in total. The summed E-state index contributed by atoms with van der Waals surface area (Å²) in [6.07, 6.45) is 7.10. The zero-order valence-corrected chi connectivity index (χ0v) is 12.7. The van der Waals surface area contributed by atoms with Gasteiger partial charge < -0.3 is 10.4 Å². The van der Waals surface area contributed by atoms with Gasteiger partial charge in [0.1, 0.15) is 0 Å². The molecule has 1 unspecified atom stereocenters. The van der Waals surface area contributed by atoms with Crippen LogP contribution in [-0.2, 0) is 0 Å². The molecule has 0 aliphatic heterocycles. The molecule has 4 aliphatic carbocycles. The van der Waals surface area contributed by atoms with E-state index in [9.17, 15) is 5.11 Å². The van der Waals surface area contributed by atoms with Crippen molar-refractivity contribution in [3.63, 3.8) is 0 Å². The monoisotopic (exact) mass is 285 g/mol. The summed E-state index contributed by atoms with van der Waals surface area (Å²) in [6, 6.07) is 10.0. The Hall–Kier alpha value is -0.860. The van der Waals surface area contributed by atoms with Crippen LogP contribution in [0.4, 0.5) is 0 Å². The number of rotatable bonds is 5. The maximum atomic E-state index is 10.2. The molecule has 0 saturated heterocycles. The molecule has 4 saturated carbocycles. The van der Waals surface area contributed by atoms with E-state index in [0.717, 1.165) is 41.7 Å². The van der Waals surface area contributed by atoms with Crippen LogP contribution in [0.2, 0.25) is 0 Å². The van der Waals surface area contributed by atoms with Gasteiger partial charge in [0, 0.05) is 6.54 Å². The molecule has 5 rings (SSSR count). The molecule has 4 bridgehead atoms. The number of aliphatic hydroxyl groups excluding tert-OH is 1. The molecular weight excluding hydrogens is 258 g/mol. The van der Waals surface area contributed by atoms with Crippen molar-refractivity contribution in [1.82, 2.24) is 5.32 Å². The first-order valence-electron chi connectivity index (χ1n) is 8.73. The van der Waals surface area contributed by atoms with E-state index in [1.807, 2.05) is 30.3 Å². The normalized spacial score (nSPS) is 38.6. The van der Waals surface area contributed by atoms with E-state index in [2.05, 4.69) is 5.32 Å². The van der Waals surface area contributed by atoms with Gasteiger partial charge in [0.05, 0.1) is 6.10 Å². The molecule has 1 atom stereocenters. The number of hydrogen-bond acceptors (Lipinski definition) is 2. The quantitative estimate of drug-likeness (QED) is 0.869. The highest BCUT2D eigenvalue weighted by Crippen LogP contribution is 2.56. The molecular formula is C19H27NO. The second kappa shape index (κ2) is 5.73. The minimum absolute atomic E-state index is 0.372. The summed E-state index contributed by atoms with van der Waals surface area (Å²) in [6.45, 7) is 1.80. The second-order valence-electron chi connectivity index (χ2n) is 7.68. The minimum atomic E-state index is -0.372. The highest BCUT2D eigenvalue weighted by molar-refractivity contribution is 5.17. The van der Waals surface area contributed by atoms with Gasteiger partial charge in [-0.2, -0.15) is 0 Å². The molecule has 21 heavy (non-hydrogen) atoms. The van der Waals surface area contributed by atoms with E-state index in [1.54, 1.807) is 0 Å². The summed E-state index contributed by atoms with van der Waals surface area (Å²) >= 11 is 0. The molecule has 0 amide bonds. The highest BCUT2D eigenvalue weighted by Gasteiger charge is 2.47. The van der Waals surface area contributed by atoms with Crippen molar-refractivity contribution in [1.29, 1.82) is 0 Å². The molecule has 0 heterocycles. The SMILES string of the molecule is OC(CNCC1C2CC3CC(C2)CC1C3)c1ccccc1. The molecule has 114 valence electrons. The molecule has 4 fully saturated rings.